The zero-order valence-electron chi connectivity index (χ0n) is 13.1. The summed E-state index contributed by atoms with van der Waals surface area (Å²) in [6.07, 6.45) is -0.332. The monoisotopic (exact) mass is 378 g/mol. The summed E-state index contributed by atoms with van der Waals surface area (Å²) in [6.45, 7) is 0. The fraction of sp³-hybridized carbons (Fsp3) is 0.278. The van der Waals surface area contributed by atoms with E-state index in [0.717, 1.165) is 5.56 Å². The van der Waals surface area contributed by atoms with E-state index in [9.17, 15) is 9.90 Å². The highest BCUT2D eigenvalue weighted by Crippen LogP contribution is 2.36. The summed E-state index contributed by atoms with van der Waals surface area (Å²) in [4.78, 5) is 12.3. The second-order valence-corrected chi connectivity index (χ2v) is 5.94. The van der Waals surface area contributed by atoms with E-state index in [2.05, 4.69) is 15.9 Å². The van der Waals surface area contributed by atoms with E-state index in [4.69, 9.17) is 9.47 Å². The molecule has 5 heteroatoms. The van der Waals surface area contributed by atoms with E-state index in [1.54, 1.807) is 12.1 Å². The molecule has 0 radical (unpaired) electrons. The van der Waals surface area contributed by atoms with Gasteiger partial charge in [-0.25, -0.2) is 0 Å². The van der Waals surface area contributed by atoms with Crippen LogP contribution in [0.1, 0.15) is 23.7 Å². The molecule has 0 saturated heterocycles. The van der Waals surface area contributed by atoms with E-state index in [1.165, 1.54) is 14.2 Å². The van der Waals surface area contributed by atoms with Crippen LogP contribution in [-0.4, -0.2) is 25.1 Å². The van der Waals surface area contributed by atoms with Gasteiger partial charge < -0.3 is 14.6 Å². The minimum Gasteiger partial charge on any atom is -0.493 e. The molecule has 2 aromatic rings. The number of carbonyl (C=O) groups excluding carboxylic acids is 1. The van der Waals surface area contributed by atoms with Gasteiger partial charge in [0.15, 0.2) is 17.3 Å². The second kappa shape index (κ2) is 8.13. The third-order valence-electron chi connectivity index (χ3n) is 3.61. The van der Waals surface area contributed by atoms with Gasteiger partial charge in [0.1, 0.15) is 6.10 Å². The van der Waals surface area contributed by atoms with Crippen LogP contribution in [0.25, 0.3) is 0 Å². The van der Waals surface area contributed by atoms with Crippen LogP contribution in [0, 0.1) is 0 Å². The van der Waals surface area contributed by atoms with Crippen LogP contribution in [0.15, 0.2) is 46.9 Å². The standard InChI is InChI=1S/C18H19BrO4/c1-22-16-10-13(14(19)11-17(16)23-2)18(21)15(20)9-8-12-6-4-3-5-7-12/h3-7,10-11,18,21H,8-9H2,1-2H3. The van der Waals surface area contributed by atoms with E-state index in [0.29, 0.717) is 28.0 Å². The molecule has 4 nitrogen and oxygen atoms in total. The molecule has 0 aliphatic heterocycles. The summed E-state index contributed by atoms with van der Waals surface area (Å²) < 4.78 is 11.0. The second-order valence-electron chi connectivity index (χ2n) is 5.08. The average Bonchev–Trinajstić information content (AvgIpc) is 2.59. The van der Waals surface area contributed by atoms with E-state index in [-0.39, 0.29) is 12.2 Å². The van der Waals surface area contributed by atoms with Gasteiger partial charge in [0.05, 0.1) is 14.2 Å². The summed E-state index contributed by atoms with van der Waals surface area (Å²) in [5.41, 5.74) is 1.54. The van der Waals surface area contributed by atoms with Crippen molar-refractivity contribution in [3.63, 3.8) is 0 Å². The summed E-state index contributed by atoms with van der Waals surface area (Å²) in [5.74, 6) is 0.773. The van der Waals surface area contributed by atoms with Gasteiger partial charge in [-0.3, -0.25) is 4.79 Å². The Kier molecular flexibility index (Phi) is 6.19. The quantitative estimate of drug-likeness (QED) is 0.797. The Bertz CT molecular complexity index is 670. The number of ether oxygens (including phenoxy) is 2. The van der Waals surface area contributed by atoms with Crippen molar-refractivity contribution in [3.05, 3.63) is 58.1 Å². The lowest BCUT2D eigenvalue weighted by Gasteiger charge is -2.15. The van der Waals surface area contributed by atoms with Crippen molar-refractivity contribution in [2.45, 2.75) is 18.9 Å². The first-order valence-electron chi connectivity index (χ1n) is 7.23. The Balaban J connectivity index is 2.12. The van der Waals surface area contributed by atoms with Crippen molar-refractivity contribution in [2.75, 3.05) is 14.2 Å². The molecule has 0 amide bonds. The molecule has 0 fully saturated rings. The predicted molar refractivity (Wildman–Crippen MR) is 92.0 cm³/mol. The summed E-state index contributed by atoms with van der Waals surface area (Å²) >= 11 is 3.37. The van der Waals surface area contributed by atoms with Crippen LogP contribution < -0.4 is 9.47 Å². The molecule has 2 aromatic carbocycles. The van der Waals surface area contributed by atoms with Crippen LogP contribution in [-0.2, 0) is 11.2 Å². The van der Waals surface area contributed by atoms with Crippen LogP contribution in [0.3, 0.4) is 0 Å². The van der Waals surface area contributed by atoms with Crippen LogP contribution in [0.4, 0.5) is 0 Å². The molecule has 0 heterocycles. The summed E-state index contributed by atoms with van der Waals surface area (Å²) in [5, 5.41) is 10.4. The number of benzene rings is 2. The number of aliphatic hydroxyl groups excluding tert-OH is 1. The number of carbonyl (C=O) groups is 1. The van der Waals surface area contributed by atoms with Gasteiger partial charge in [0.25, 0.3) is 0 Å². The lowest BCUT2D eigenvalue weighted by Crippen LogP contribution is -2.13. The third-order valence-corrected chi connectivity index (χ3v) is 4.29. The van der Waals surface area contributed by atoms with E-state index >= 15 is 0 Å². The van der Waals surface area contributed by atoms with Gasteiger partial charge in [0, 0.05) is 16.5 Å². The zero-order valence-corrected chi connectivity index (χ0v) is 14.7. The van der Waals surface area contributed by atoms with Gasteiger partial charge in [-0.05, 0) is 24.1 Å². The highest BCUT2D eigenvalue weighted by molar-refractivity contribution is 9.10. The van der Waals surface area contributed by atoms with Crippen molar-refractivity contribution in [3.8, 4) is 11.5 Å². The molecule has 23 heavy (non-hydrogen) atoms. The highest BCUT2D eigenvalue weighted by atomic mass is 79.9. The largest absolute Gasteiger partial charge is 0.493 e. The minimum absolute atomic E-state index is 0.234. The number of Topliss-reactive ketones (excluding diaryl/α,β-unsaturated/α-hetero) is 1. The molecule has 0 aromatic heterocycles. The Morgan fingerprint density at radius 2 is 1.74 bits per heavy atom. The zero-order chi connectivity index (χ0) is 16.8. The predicted octanol–water partition coefficient (Wildman–Crippen LogP) is 3.70. The number of hydrogen-bond donors (Lipinski definition) is 1. The highest BCUT2D eigenvalue weighted by Gasteiger charge is 2.22. The third kappa shape index (κ3) is 4.33. The fourth-order valence-electron chi connectivity index (χ4n) is 2.30. The Morgan fingerprint density at radius 1 is 1.13 bits per heavy atom. The summed E-state index contributed by atoms with van der Waals surface area (Å²) in [6, 6.07) is 13.0. The maximum Gasteiger partial charge on any atom is 0.166 e. The van der Waals surface area contributed by atoms with Crippen molar-refractivity contribution < 1.29 is 19.4 Å². The normalized spacial score (nSPS) is 11.8. The number of ketones is 1. The number of hydrogen-bond acceptors (Lipinski definition) is 4. The lowest BCUT2D eigenvalue weighted by molar-refractivity contribution is -0.127. The van der Waals surface area contributed by atoms with Gasteiger partial charge in [0.2, 0.25) is 0 Å². The minimum atomic E-state index is -1.20. The van der Waals surface area contributed by atoms with Gasteiger partial charge in [-0.15, -0.1) is 0 Å². The number of rotatable bonds is 7. The van der Waals surface area contributed by atoms with Gasteiger partial charge in [-0.1, -0.05) is 46.3 Å². The molecular weight excluding hydrogens is 360 g/mol. The molecule has 1 atom stereocenters. The first-order valence-corrected chi connectivity index (χ1v) is 8.02. The molecule has 1 unspecified atom stereocenters. The lowest BCUT2D eigenvalue weighted by atomic mass is 9.99. The average molecular weight is 379 g/mol. The van der Waals surface area contributed by atoms with Crippen molar-refractivity contribution >= 4 is 21.7 Å². The Morgan fingerprint density at radius 3 is 2.35 bits per heavy atom. The fourth-order valence-corrected chi connectivity index (χ4v) is 2.84. The van der Waals surface area contributed by atoms with Gasteiger partial charge >= 0.3 is 0 Å². The van der Waals surface area contributed by atoms with Crippen molar-refractivity contribution in [1.29, 1.82) is 0 Å². The molecule has 122 valence electrons. The molecule has 0 aliphatic rings. The maximum absolute atomic E-state index is 12.3. The number of methoxy groups -OCH3 is 2. The van der Waals surface area contributed by atoms with Crippen LogP contribution in [0.5, 0.6) is 11.5 Å². The first-order chi connectivity index (χ1) is 11.1. The Hall–Kier alpha value is -1.85. The maximum atomic E-state index is 12.3. The number of aryl methyl sites for hydroxylation is 1. The number of aliphatic hydroxyl groups is 1. The van der Waals surface area contributed by atoms with E-state index < -0.39 is 6.10 Å². The molecule has 0 aliphatic carbocycles. The molecule has 0 spiro atoms. The molecular formula is C18H19BrO4. The van der Waals surface area contributed by atoms with Crippen LogP contribution in [0.2, 0.25) is 0 Å². The number of halogens is 1. The van der Waals surface area contributed by atoms with Crippen LogP contribution >= 0.6 is 15.9 Å². The SMILES string of the molecule is COc1cc(Br)c(C(O)C(=O)CCc2ccccc2)cc1OC. The van der Waals surface area contributed by atoms with E-state index in [1.807, 2.05) is 30.3 Å². The first kappa shape index (κ1) is 17.5. The van der Waals surface area contributed by atoms with Gasteiger partial charge in [-0.2, -0.15) is 0 Å². The molecule has 0 bridgehead atoms. The summed E-state index contributed by atoms with van der Waals surface area (Å²) in [7, 11) is 3.05. The smallest absolute Gasteiger partial charge is 0.166 e. The molecule has 0 saturated carbocycles. The molecule has 2 rings (SSSR count). The van der Waals surface area contributed by atoms with Crippen molar-refractivity contribution in [2.24, 2.45) is 0 Å². The Labute approximate surface area is 144 Å². The van der Waals surface area contributed by atoms with Crippen molar-refractivity contribution in [1.82, 2.24) is 0 Å². The molecule has 1 N–H and O–H groups in total. The topological polar surface area (TPSA) is 55.8 Å².